The maximum Gasteiger partial charge on any atom is 0.328 e. The maximum atomic E-state index is 12.6. The van der Waals surface area contributed by atoms with Gasteiger partial charge < -0.3 is 14.2 Å². The Balaban J connectivity index is 1.49. The third-order valence-electron chi connectivity index (χ3n) is 5.35. The fourth-order valence-electron chi connectivity index (χ4n) is 3.61. The van der Waals surface area contributed by atoms with Gasteiger partial charge in [-0.3, -0.25) is 25.3 Å². The summed E-state index contributed by atoms with van der Waals surface area (Å²) in [5, 5.41) is 11.0. The third-order valence-corrected chi connectivity index (χ3v) is 5.35. The van der Waals surface area contributed by atoms with Crippen LogP contribution < -0.4 is 20.1 Å². The lowest BCUT2D eigenvalue weighted by molar-refractivity contribution is -0.153. The summed E-state index contributed by atoms with van der Waals surface area (Å²) in [6.45, 7) is 4.29. The van der Waals surface area contributed by atoms with Gasteiger partial charge in [0, 0.05) is 24.8 Å². The number of nitrogens with one attached hydrogen (secondary N) is 3. The summed E-state index contributed by atoms with van der Waals surface area (Å²) < 4.78 is 17.1. The van der Waals surface area contributed by atoms with E-state index >= 15 is 0 Å². The molecule has 0 unspecified atom stereocenters. The fourth-order valence-corrected chi connectivity index (χ4v) is 3.61. The summed E-state index contributed by atoms with van der Waals surface area (Å²) in [7, 11) is 0. The normalized spacial score (nSPS) is 14.9. The predicted molar refractivity (Wildman–Crippen MR) is 121 cm³/mol. The van der Waals surface area contributed by atoms with E-state index in [4.69, 9.17) is 14.2 Å². The number of amides is 4. The van der Waals surface area contributed by atoms with E-state index in [0.29, 0.717) is 18.1 Å². The van der Waals surface area contributed by atoms with Gasteiger partial charge in [0.25, 0.3) is 17.4 Å². The number of ether oxygens (including phenoxy) is 3. The molecular formula is C24H24N4O6. The average Bonchev–Trinajstić information content (AvgIpc) is 3.33. The molecule has 0 radical (unpaired) electrons. The molecule has 1 saturated heterocycles. The molecule has 2 aromatic carbocycles. The lowest BCUT2D eigenvalue weighted by Gasteiger charge is -2.34. The highest BCUT2D eigenvalue weighted by Gasteiger charge is 2.52. The van der Waals surface area contributed by atoms with Crippen molar-refractivity contribution in [2.24, 2.45) is 0 Å². The highest BCUT2D eigenvalue weighted by atomic mass is 16.5. The van der Waals surface area contributed by atoms with Crippen molar-refractivity contribution in [3.05, 3.63) is 60.4 Å². The van der Waals surface area contributed by atoms with Crippen molar-refractivity contribution in [2.75, 3.05) is 13.2 Å². The van der Waals surface area contributed by atoms with Crippen LogP contribution in [0.4, 0.5) is 4.79 Å². The zero-order chi connectivity index (χ0) is 24.1. The van der Waals surface area contributed by atoms with E-state index in [1.165, 1.54) is 0 Å². The summed E-state index contributed by atoms with van der Waals surface area (Å²) in [5.74, 6) is -0.228. The zero-order valence-corrected chi connectivity index (χ0v) is 18.7. The molecule has 3 aromatic rings. The SMILES string of the molecule is CCOCCC1(Oc2ccc(Oc3ccc(-c4cn[nH]c4)c(C)c3)cc2)C(=O)NC(=O)NC1=O. The average molecular weight is 464 g/mol. The monoisotopic (exact) mass is 464 g/mol. The standard InChI is InChI=1S/C24H24N4O6/c1-3-32-11-10-24(21(29)27-23(31)28-22(24)30)34-18-6-4-17(5-7-18)33-19-8-9-20(15(2)12-19)16-13-25-26-14-16/h4-9,12-14H,3,10-11H2,1-2H3,(H,25,26)(H2,27,28,29,30,31). The molecule has 4 amide bonds. The Hall–Kier alpha value is -4.18. The number of rotatable bonds is 9. The van der Waals surface area contributed by atoms with Gasteiger partial charge in [-0.15, -0.1) is 0 Å². The number of hydrogen-bond donors (Lipinski definition) is 3. The van der Waals surface area contributed by atoms with Crippen LogP contribution >= 0.6 is 0 Å². The van der Waals surface area contributed by atoms with Crippen LogP contribution in [-0.4, -0.2) is 46.9 Å². The van der Waals surface area contributed by atoms with Gasteiger partial charge in [-0.05, 0) is 61.4 Å². The van der Waals surface area contributed by atoms with Gasteiger partial charge >= 0.3 is 6.03 Å². The summed E-state index contributed by atoms with van der Waals surface area (Å²) in [6, 6.07) is 11.3. The molecule has 1 aliphatic heterocycles. The van der Waals surface area contributed by atoms with Crippen molar-refractivity contribution < 1.29 is 28.6 Å². The first-order valence-corrected chi connectivity index (χ1v) is 10.7. The largest absolute Gasteiger partial charge is 0.467 e. The number of carbonyl (C=O) groups excluding carboxylic acids is 3. The topological polar surface area (TPSA) is 132 Å². The lowest BCUT2D eigenvalue weighted by atomic mass is 9.95. The van der Waals surface area contributed by atoms with Gasteiger partial charge in [0.2, 0.25) is 0 Å². The van der Waals surface area contributed by atoms with Gasteiger partial charge in [-0.2, -0.15) is 5.10 Å². The molecule has 2 heterocycles. The smallest absolute Gasteiger partial charge is 0.328 e. The number of carbonyl (C=O) groups is 3. The maximum absolute atomic E-state index is 12.6. The molecule has 1 aliphatic rings. The van der Waals surface area contributed by atoms with Gasteiger partial charge in [-0.25, -0.2) is 4.79 Å². The molecule has 0 saturated carbocycles. The number of H-pyrrole nitrogens is 1. The van der Waals surface area contributed by atoms with Gasteiger partial charge in [0.05, 0.1) is 12.8 Å². The van der Waals surface area contributed by atoms with Gasteiger partial charge in [0.1, 0.15) is 17.2 Å². The van der Waals surface area contributed by atoms with Crippen molar-refractivity contribution in [3.63, 3.8) is 0 Å². The second kappa shape index (κ2) is 9.75. The Morgan fingerprint density at radius 2 is 1.62 bits per heavy atom. The zero-order valence-electron chi connectivity index (χ0n) is 18.7. The van der Waals surface area contributed by atoms with E-state index in [1.807, 2.05) is 31.3 Å². The van der Waals surface area contributed by atoms with E-state index in [9.17, 15) is 14.4 Å². The summed E-state index contributed by atoms with van der Waals surface area (Å²) in [4.78, 5) is 36.7. The number of aromatic amines is 1. The molecule has 176 valence electrons. The molecule has 10 nitrogen and oxygen atoms in total. The lowest BCUT2D eigenvalue weighted by Crippen LogP contribution is -2.69. The number of nitrogens with zero attached hydrogens (tertiary/aromatic N) is 1. The second-order valence-electron chi connectivity index (χ2n) is 7.65. The molecule has 0 bridgehead atoms. The van der Waals surface area contributed by atoms with Crippen LogP contribution in [-0.2, 0) is 14.3 Å². The summed E-state index contributed by atoms with van der Waals surface area (Å²) in [5.41, 5.74) is 1.14. The Morgan fingerprint density at radius 1 is 0.941 bits per heavy atom. The van der Waals surface area contributed by atoms with Crippen LogP contribution in [0.5, 0.6) is 17.2 Å². The molecule has 1 aromatic heterocycles. The highest BCUT2D eigenvalue weighted by Crippen LogP contribution is 2.31. The van der Waals surface area contributed by atoms with Crippen molar-refractivity contribution >= 4 is 17.8 Å². The number of hydrogen-bond acceptors (Lipinski definition) is 7. The highest BCUT2D eigenvalue weighted by molar-refractivity contribution is 6.21. The van der Waals surface area contributed by atoms with Crippen molar-refractivity contribution in [1.29, 1.82) is 0 Å². The predicted octanol–water partition coefficient (Wildman–Crippen LogP) is 3.09. The molecule has 1 fully saturated rings. The Morgan fingerprint density at radius 3 is 2.24 bits per heavy atom. The molecule has 0 atom stereocenters. The second-order valence-corrected chi connectivity index (χ2v) is 7.65. The first-order chi connectivity index (χ1) is 16.4. The summed E-state index contributed by atoms with van der Waals surface area (Å²) >= 11 is 0. The van der Waals surface area contributed by atoms with E-state index in [2.05, 4.69) is 20.8 Å². The molecule has 0 aliphatic carbocycles. The molecule has 34 heavy (non-hydrogen) atoms. The number of imide groups is 2. The number of benzene rings is 2. The van der Waals surface area contributed by atoms with Crippen molar-refractivity contribution in [1.82, 2.24) is 20.8 Å². The van der Waals surface area contributed by atoms with E-state index in [-0.39, 0.29) is 18.8 Å². The minimum absolute atomic E-state index is 0.0632. The van der Waals surface area contributed by atoms with Crippen LogP contribution in [0.25, 0.3) is 11.1 Å². The first kappa shape index (κ1) is 23.0. The molecular weight excluding hydrogens is 440 g/mol. The molecule has 10 heteroatoms. The Bertz CT molecular complexity index is 1170. The van der Waals surface area contributed by atoms with Gasteiger partial charge in [0.15, 0.2) is 0 Å². The molecule has 4 rings (SSSR count). The summed E-state index contributed by atoms with van der Waals surface area (Å²) in [6.07, 6.45) is 3.52. The Kier molecular flexibility index (Phi) is 6.60. The number of barbiturate groups is 1. The number of aryl methyl sites for hydroxylation is 1. The van der Waals surface area contributed by atoms with Gasteiger partial charge in [-0.1, -0.05) is 6.07 Å². The van der Waals surface area contributed by atoms with E-state index in [0.717, 1.165) is 16.7 Å². The number of urea groups is 1. The van der Waals surface area contributed by atoms with E-state index in [1.54, 1.807) is 37.4 Å². The van der Waals surface area contributed by atoms with Crippen LogP contribution in [0.1, 0.15) is 18.9 Å². The van der Waals surface area contributed by atoms with Crippen LogP contribution in [0.15, 0.2) is 54.9 Å². The minimum atomic E-state index is -1.93. The quantitative estimate of drug-likeness (QED) is 0.327. The van der Waals surface area contributed by atoms with Crippen molar-refractivity contribution in [2.45, 2.75) is 25.9 Å². The minimum Gasteiger partial charge on any atom is -0.467 e. The van der Waals surface area contributed by atoms with Crippen molar-refractivity contribution in [3.8, 4) is 28.4 Å². The van der Waals surface area contributed by atoms with E-state index < -0.39 is 23.4 Å². The van der Waals surface area contributed by atoms with Crippen LogP contribution in [0.2, 0.25) is 0 Å². The molecule has 3 N–H and O–H groups in total. The van der Waals surface area contributed by atoms with Crippen LogP contribution in [0, 0.1) is 6.92 Å². The first-order valence-electron chi connectivity index (χ1n) is 10.7. The third kappa shape index (κ3) is 4.76. The fraction of sp³-hybridized carbons (Fsp3) is 0.250. The number of aromatic nitrogens is 2. The van der Waals surface area contributed by atoms with Crippen LogP contribution in [0.3, 0.4) is 0 Å². The Labute approximate surface area is 195 Å². The molecule has 0 spiro atoms.